The first-order chi connectivity index (χ1) is 9.20. The highest BCUT2D eigenvalue weighted by molar-refractivity contribution is 7.07. The van der Waals surface area contributed by atoms with E-state index in [-0.39, 0.29) is 0 Å². The van der Waals surface area contributed by atoms with E-state index >= 15 is 0 Å². The molecule has 4 nitrogen and oxygen atoms in total. The van der Waals surface area contributed by atoms with Gasteiger partial charge in [-0.3, -0.25) is 4.68 Å². The quantitative estimate of drug-likeness (QED) is 0.694. The Morgan fingerprint density at radius 2 is 2.26 bits per heavy atom. The molecule has 0 saturated heterocycles. The van der Waals surface area contributed by atoms with E-state index in [1.54, 1.807) is 11.3 Å². The van der Waals surface area contributed by atoms with Crippen molar-refractivity contribution in [1.29, 1.82) is 0 Å². The fraction of sp³-hybridized carbons (Fsp3) is 0.385. The Morgan fingerprint density at radius 1 is 1.42 bits per heavy atom. The van der Waals surface area contributed by atoms with Crippen molar-refractivity contribution < 1.29 is 0 Å². The van der Waals surface area contributed by atoms with E-state index in [0.717, 1.165) is 35.6 Å². The van der Waals surface area contributed by atoms with Gasteiger partial charge in [0.1, 0.15) is 11.3 Å². The van der Waals surface area contributed by atoms with E-state index in [2.05, 4.69) is 26.5 Å². The monoisotopic (exact) mass is 294 g/mol. The molecule has 0 aliphatic carbocycles. The number of imidazole rings is 1. The minimum Gasteiger partial charge on any atom is -0.308 e. The van der Waals surface area contributed by atoms with Gasteiger partial charge in [-0.25, -0.2) is 4.98 Å². The first-order valence-corrected chi connectivity index (χ1v) is 7.64. The van der Waals surface area contributed by atoms with Crippen LogP contribution >= 0.6 is 22.9 Å². The molecule has 19 heavy (non-hydrogen) atoms. The van der Waals surface area contributed by atoms with Gasteiger partial charge in [0.2, 0.25) is 0 Å². The summed E-state index contributed by atoms with van der Waals surface area (Å²) in [6, 6.07) is 2.14. The van der Waals surface area contributed by atoms with Crippen molar-refractivity contribution >= 4 is 34.1 Å². The van der Waals surface area contributed by atoms with Crippen LogP contribution in [0, 0.1) is 6.92 Å². The summed E-state index contributed by atoms with van der Waals surface area (Å²) in [5, 5.41) is 8.71. The van der Waals surface area contributed by atoms with Crippen molar-refractivity contribution in [2.45, 2.75) is 19.9 Å². The third-order valence-corrected chi connectivity index (χ3v) is 4.13. The number of thiophene rings is 1. The smallest absolute Gasteiger partial charge is 0.158 e. The molecule has 0 spiro atoms. The molecule has 0 N–H and O–H groups in total. The molecule has 3 rings (SSSR count). The summed E-state index contributed by atoms with van der Waals surface area (Å²) in [4.78, 5) is 4.70. The Kier molecular flexibility index (Phi) is 3.33. The molecule has 0 aliphatic heterocycles. The summed E-state index contributed by atoms with van der Waals surface area (Å²) in [6.07, 6.45) is 0.778. The molecule has 0 radical (unpaired) electrons. The lowest BCUT2D eigenvalue weighted by molar-refractivity contribution is 0.693. The number of fused-ring (bicyclic) bond motifs is 1. The summed E-state index contributed by atoms with van der Waals surface area (Å²) in [6.45, 7) is 2.82. The predicted octanol–water partition coefficient (Wildman–Crippen LogP) is 2.97. The average Bonchev–Trinajstić information content (AvgIpc) is 3.04. The van der Waals surface area contributed by atoms with Crippen molar-refractivity contribution in [2.75, 3.05) is 5.88 Å². The van der Waals surface area contributed by atoms with Gasteiger partial charge in [0.25, 0.3) is 0 Å². The van der Waals surface area contributed by atoms with Crippen LogP contribution in [-0.4, -0.2) is 25.2 Å². The summed E-state index contributed by atoms with van der Waals surface area (Å²) in [5.41, 5.74) is 4.32. The Labute approximate surface area is 120 Å². The van der Waals surface area contributed by atoms with E-state index in [9.17, 15) is 0 Å². The van der Waals surface area contributed by atoms with Crippen LogP contribution in [0.4, 0.5) is 0 Å². The average molecular weight is 295 g/mol. The molecule has 0 saturated carbocycles. The topological polar surface area (TPSA) is 35.6 Å². The molecular formula is C13H15ClN4S. The second-order valence-corrected chi connectivity index (χ2v) is 5.72. The molecule has 3 heterocycles. The minimum atomic E-state index is 0.583. The highest BCUT2D eigenvalue weighted by Crippen LogP contribution is 2.21. The highest BCUT2D eigenvalue weighted by atomic mass is 35.5. The zero-order chi connectivity index (χ0) is 13.4. The summed E-state index contributed by atoms with van der Waals surface area (Å²) in [7, 11) is 1.96. The van der Waals surface area contributed by atoms with Gasteiger partial charge in [-0.2, -0.15) is 16.4 Å². The molecule has 3 aromatic rings. The van der Waals surface area contributed by atoms with Gasteiger partial charge in [-0.1, -0.05) is 0 Å². The maximum absolute atomic E-state index is 5.89. The molecule has 0 amide bonds. The molecule has 6 heteroatoms. The second kappa shape index (κ2) is 4.98. The van der Waals surface area contributed by atoms with Gasteiger partial charge >= 0.3 is 0 Å². The number of nitrogens with zero attached hydrogens (tertiary/aromatic N) is 4. The van der Waals surface area contributed by atoms with E-state index in [4.69, 9.17) is 16.6 Å². The van der Waals surface area contributed by atoms with Crippen molar-refractivity contribution in [3.05, 3.63) is 33.9 Å². The zero-order valence-corrected chi connectivity index (χ0v) is 12.5. The van der Waals surface area contributed by atoms with Crippen LogP contribution in [0.15, 0.2) is 16.8 Å². The SMILES string of the molecule is Cc1nn(C)c2c1nc(CCCl)n2Cc1ccsc1. The summed E-state index contributed by atoms with van der Waals surface area (Å²) >= 11 is 7.60. The van der Waals surface area contributed by atoms with Gasteiger partial charge in [0.05, 0.1) is 12.2 Å². The van der Waals surface area contributed by atoms with Crippen LogP contribution in [0.3, 0.4) is 0 Å². The van der Waals surface area contributed by atoms with Gasteiger partial charge in [-0.05, 0) is 29.3 Å². The standard InChI is InChI=1S/C13H15ClN4S/c1-9-12-13(17(2)16-9)18(11(15-12)3-5-14)7-10-4-6-19-8-10/h4,6,8H,3,5,7H2,1-2H3. The number of aromatic nitrogens is 4. The lowest BCUT2D eigenvalue weighted by Crippen LogP contribution is -2.08. The second-order valence-electron chi connectivity index (χ2n) is 4.57. The minimum absolute atomic E-state index is 0.583. The lowest BCUT2D eigenvalue weighted by atomic mass is 10.3. The van der Waals surface area contributed by atoms with Crippen LogP contribution in [-0.2, 0) is 20.0 Å². The Balaban J connectivity index is 2.15. The Morgan fingerprint density at radius 3 is 2.95 bits per heavy atom. The van der Waals surface area contributed by atoms with Crippen LogP contribution in [0.5, 0.6) is 0 Å². The first-order valence-electron chi connectivity index (χ1n) is 6.16. The van der Waals surface area contributed by atoms with Gasteiger partial charge < -0.3 is 4.57 Å². The molecule has 0 fully saturated rings. The van der Waals surface area contributed by atoms with E-state index in [1.165, 1.54) is 5.56 Å². The van der Waals surface area contributed by atoms with Crippen molar-refractivity contribution in [1.82, 2.24) is 19.3 Å². The largest absolute Gasteiger partial charge is 0.308 e. The normalized spacial score (nSPS) is 11.5. The number of alkyl halides is 1. The molecule has 0 aliphatic rings. The fourth-order valence-corrected chi connectivity index (χ4v) is 3.22. The number of halogens is 1. The van der Waals surface area contributed by atoms with Gasteiger partial charge in [-0.15, -0.1) is 11.6 Å². The summed E-state index contributed by atoms with van der Waals surface area (Å²) < 4.78 is 4.13. The summed E-state index contributed by atoms with van der Waals surface area (Å²) in [5.74, 6) is 1.62. The van der Waals surface area contributed by atoms with Gasteiger partial charge in [0.15, 0.2) is 5.65 Å². The maximum atomic E-state index is 5.89. The van der Waals surface area contributed by atoms with Crippen LogP contribution in [0.25, 0.3) is 11.2 Å². The third kappa shape index (κ3) is 2.17. The molecule has 100 valence electrons. The van der Waals surface area contributed by atoms with E-state index in [1.807, 2.05) is 18.7 Å². The van der Waals surface area contributed by atoms with Crippen molar-refractivity contribution in [2.24, 2.45) is 7.05 Å². The third-order valence-electron chi connectivity index (χ3n) is 3.21. The molecule has 0 bridgehead atoms. The number of aryl methyl sites for hydroxylation is 3. The number of hydrogen-bond acceptors (Lipinski definition) is 3. The molecule has 0 aromatic carbocycles. The van der Waals surface area contributed by atoms with Crippen LogP contribution < -0.4 is 0 Å². The zero-order valence-electron chi connectivity index (χ0n) is 10.9. The van der Waals surface area contributed by atoms with E-state index in [0.29, 0.717) is 5.88 Å². The van der Waals surface area contributed by atoms with E-state index < -0.39 is 0 Å². The highest BCUT2D eigenvalue weighted by Gasteiger charge is 2.17. The molecule has 3 aromatic heterocycles. The fourth-order valence-electron chi connectivity index (χ4n) is 2.39. The molecule has 0 unspecified atom stereocenters. The maximum Gasteiger partial charge on any atom is 0.158 e. The number of hydrogen-bond donors (Lipinski definition) is 0. The first kappa shape index (κ1) is 12.7. The Hall–Kier alpha value is -1.33. The molecular weight excluding hydrogens is 280 g/mol. The van der Waals surface area contributed by atoms with Crippen LogP contribution in [0.1, 0.15) is 17.1 Å². The molecule has 0 atom stereocenters. The van der Waals surface area contributed by atoms with Crippen LogP contribution in [0.2, 0.25) is 0 Å². The van der Waals surface area contributed by atoms with Crippen molar-refractivity contribution in [3.8, 4) is 0 Å². The lowest BCUT2D eigenvalue weighted by Gasteiger charge is -2.07. The predicted molar refractivity (Wildman–Crippen MR) is 79.1 cm³/mol. The van der Waals surface area contributed by atoms with Crippen molar-refractivity contribution in [3.63, 3.8) is 0 Å². The Bertz CT molecular complexity index is 696. The van der Waals surface area contributed by atoms with Gasteiger partial charge in [0, 0.05) is 19.3 Å². The number of rotatable bonds is 4.